The van der Waals surface area contributed by atoms with Gasteiger partial charge in [0, 0.05) is 21.2 Å². The normalized spacial score (nSPS) is 10.4. The third-order valence-corrected chi connectivity index (χ3v) is 3.98. The van der Waals surface area contributed by atoms with Crippen LogP contribution in [0.2, 0.25) is 0 Å². The van der Waals surface area contributed by atoms with Crippen molar-refractivity contribution < 1.29 is 4.74 Å². The zero-order valence-electron chi connectivity index (χ0n) is 8.61. The van der Waals surface area contributed by atoms with Crippen LogP contribution in [-0.2, 0) is 5.75 Å². The summed E-state index contributed by atoms with van der Waals surface area (Å²) in [5, 5.41) is 3.04. The number of thiazole rings is 1. The van der Waals surface area contributed by atoms with Crippen LogP contribution < -0.4 is 4.74 Å². The van der Waals surface area contributed by atoms with E-state index in [0.29, 0.717) is 5.75 Å². The number of hydrogen-bond acceptors (Lipinski definition) is 4. The number of methoxy groups -OCH3 is 1. The van der Waals surface area contributed by atoms with Crippen LogP contribution in [0.4, 0.5) is 0 Å². The molecule has 0 unspecified atom stereocenters. The van der Waals surface area contributed by atoms with Crippen molar-refractivity contribution in [1.29, 1.82) is 0 Å². The first-order chi connectivity index (χ1) is 7.74. The summed E-state index contributed by atoms with van der Waals surface area (Å²) in [5.41, 5.74) is 1.94. The van der Waals surface area contributed by atoms with Crippen molar-refractivity contribution in [2.24, 2.45) is 0 Å². The van der Waals surface area contributed by atoms with Crippen molar-refractivity contribution in [1.82, 2.24) is 4.98 Å². The topological polar surface area (TPSA) is 22.1 Å². The van der Waals surface area contributed by atoms with Crippen LogP contribution in [0.5, 0.6) is 5.75 Å². The van der Waals surface area contributed by atoms with Crippen molar-refractivity contribution in [3.63, 3.8) is 0 Å². The molecule has 2 nitrogen and oxygen atoms in total. The second-order valence-electron chi connectivity index (χ2n) is 3.13. The third kappa shape index (κ3) is 2.42. The van der Waals surface area contributed by atoms with Crippen LogP contribution in [0, 0.1) is 0 Å². The average Bonchev–Trinajstić information content (AvgIpc) is 2.77. The van der Waals surface area contributed by atoms with Gasteiger partial charge in [-0.2, -0.15) is 12.6 Å². The molecule has 1 aromatic carbocycles. The summed E-state index contributed by atoms with van der Waals surface area (Å²) in [6.07, 6.45) is 0. The van der Waals surface area contributed by atoms with Crippen molar-refractivity contribution in [2.75, 3.05) is 7.11 Å². The molecule has 0 saturated carbocycles. The van der Waals surface area contributed by atoms with E-state index in [1.54, 1.807) is 18.4 Å². The number of aromatic nitrogens is 1. The monoisotopic (exact) mass is 315 g/mol. The number of hydrogen-bond donors (Lipinski definition) is 1. The quantitative estimate of drug-likeness (QED) is 0.864. The van der Waals surface area contributed by atoms with Gasteiger partial charge in [0.05, 0.1) is 12.8 Å². The zero-order chi connectivity index (χ0) is 11.5. The van der Waals surface area contributed by atoms with Crippen molar-refractivity contribution in [3.05, 3.63) is 33.1 Å². The number of rotatable bonds is 3. The van der Waals surface area contributed by atoms with Gasteiger partial charge in [-0.3, -0.25) is 0 Å². The maximum absolute atomic E-state index is 5.32. The van der Waals surface area contributed by atoms with Gasteiger partial charge >= 0.3 is 0 Å². The highest BCUT2D eigenvalue weighted by molar-refractivity contribution is 9.10. The molecule has 2 rings (SSSR count). The summed E-state index contributed by atoms with van der Waals surface area (Å²) in [6.45, 7) is 0. The molecule has 0 saturated heterocycles. The fraction of sp³-hybridized carbons (Fsp3) is 0.182. The van der Waals surface area contributed by atoms with Crippen molar-refractivity contribution in [2.45, 2.75) is 5.75 Å². The first-order valence-electron chi connectivity index (χ1n) is 4.63. The molecule has 0 aliphatic rings. The molecule has 0 radical (unpaired) electrons. The largest absolute Gasteiger partial charge is 0.496 e. The van der Waals surface area contributed by atoms with E-state index in [4.69, 9.17) is 4.74 Å². The molecule has 0 amide bonds. The smallest absolute Gasteiger partial charge is 0.128 e. The number of thiol groups is 1. The summed E-state index contributed by atoms with van der Waals surface area (Å²) < 4.78 is 6.34. The average molecular weight is 316 g/mol. The first kappa shape index (κ1) is 12.0. The Kier molecular flexibility index (Phi) is 3.89. The second-order valence-corrected chi connectivity index (χ2v) is 5.30. The van der Waals surface area contributed by atoms with E-state index in [1.165, 1.54) is 0 Å². The minimum Gasteiger partial charge on any atom is -0.496 e. The van der Waals surface area contributed by atoms with Gasteiger partial charge in [-0.1, -0.05) is 15.9 Å². The molecule has 1 heterocycles. The van der Waals surface area contributed by atoms with Gasteiger partial charge in [-0.15, -0.1) is 11.3 Å². The molecule has 1 aromatic heterocycles. The Morgan fingerprint density at radius 3 is 2.94 bits per heavy atom. The van der Waals surface area contributed by atoms with E-state index in [-0.39, 0.29) is 0 Å². The van der Waals surface area contributed by atoms with Gasteiger partial charge in [0.2, 0.25) is 0 Å². The minimum atomic E-state index is 0.668. The zero-order valence-corrected chi connectivity index (χ0v) is 11.9. The van der Waals surface area contributed by atoms with E-state index in [0.717, 1.165) is 26.5 Å². The Bertz CT molecular complexity index is 498. The molecule has 0 fully saturated rings. The summed E-state index contributed by atoms with van der Waals surface area (Å²) in [4.78, 5) is 4.49. The lowest BCUT2D eigenvalue weighted by Crippen LogP contribution is -1.88. The number of ether oxygens (including phenoxy) is 1. The van der Waals surface area contributed by atoms with E-state index in [1.807, 2.05) is 23.6 Å². The van der Waals surface area contributed by atoms with E-state index >= 15 is 0 Å². The van der Waals surface area contributed by atoms with E-state index in [9.17, 15) is 0 Å². The number of benzene rings is 1. The summed E-state index contributed by atoms with van der Waals surface area (Å²) >= 11 is 9.28. The maximum atomic E-state index is 5.32. The summed E-state index contributed by atoms with van der Waals surface area (Å²) in [7, 11) is 1.67. The Morgan fingerprint density at radius 2 is 2.31 bits per heavy atom. The van der Waals surface area contributed by atoms with Crippen molar-refractivity contribution >= 4 is 39.9 Å². The molecule has 0 aliphatic carbocycles. The minimum absolute atomic E-state index is 0.668. The molecule has 0 aliphatic heterocycles. The van der Waals surface area contributed by atoms with Gasteiger partial charge in [-0.25, -0.2) is 4.98 Å². The number of halogens is 1. The molecule has 0 spiro atoms. The van der Waals surface area contributed by atoms with Gasteiger partial charge in [0.1, 0.15) is 10.8 Å². The lowest BCUT2D eigenvalue weighted by Gasteiger charge is -2.06. The molecule has 5 heteroatoms. The van der Waals surface area contributed by atoms with Crippen LogP contribution in [0.1, 0.15) is 5.01 Å². The van der Waals surface area contributed by atoms with Crippen LogP contribution in [-0.4, -0.2) is 12.1 Å². The molecule has 0 N–H and O–H groups in total. The Hall–Kier alpha value is -0.520. The lowest BCUT2D eigenvalue weighted by atomic mass is 10.1. The fourth-order valence-corrected chi connectivity index (χ4v) is 2.70. The molecule has 0 bridgehead atoms. The fourth-order valence-electron chi connectivity index (χ4n) is 1.39. The molecular weight excluding hydrogens is 306 g/mol. The standard InChI is InChI=1S/C11H10BrNOS2/c1-14-10-3-2-7(12)4-8(10)9-6-16-11(5-15)13-9/h2-4,6,15H,5H2,1H3. The van der Waals surface area contributed by atoms with Gasteiger partial charge < -0.3 is 4.74 Å². The molecule has 84 valence electrons. The Morgan fingerprint density at radius 1 is 1.50 bits per heavy atom. The van der Waals surface area contributed by atoms with Gasteiger partial charge in [0.15, 0.2) is 0 Å². The summed E-state index contributed by atoms with van der Waals surface area (Å²) in [5.74, 6) is 1.50. The lowest BCUT2D eigenvalue weighted by molar-refractivity contribution is 0.416. The van der Waals surface area contributed by atoms with Crippen LogP contribution in [0.15, 0.2) is 28.1 Å². The molecule has 16 heavy (non-hydrogen) atoms. The third-order valence-electron chi connectivity index (χ3n) is 2.12. The van der Waals surface area contributed by atoms with Crippen molar-refractivity contribution in [3.8, 4) is 17.0 Å². The van der Waals surface area contributed by atoms with Crippen LogP contribution in [0.3, 0.4) is 0 Å². The maximum Gasteiger partial charge on any atom is 0.128 e. The van der Waals surface area contributed by atoms with E-state index in [2.05, 4.69) is 33.5 Å². The highest BCUT2D eigenvalue weighted by atomic mass is 79.9. The van der Waals surface area contributed by atoms with Crippen LogP contribution >= 0.6 is 39.9 Å². The van der Waals surface area contributed by atoms with E-state index < -0.39 is 0 Å². The molecule has 2 aromatic rings. The first-order valence-corrected chi connectivity index (χ1v) is 6.94. The Balaban J connectivity index is 2.49. The molecular formula is C11H10BrNOS2. The Labute approximate surface area is 112 Å². The summed E-state index contributed by atoms with van der Waals surface area (Å²) in [6, 6.07) is 5.89. The van der Waals surface area contributed by atoms with Crippen LogP contribution in [0.25, 0.3) is 11.3 Å². The highest BCUT2D eigenvalue weighted by Crippen LogP contribution is 2.33. The highest BCUT2D eigenvalue weighted by Gasteiger charge is 2.09. The second kappa shape index (κ2) is 5.21. The predicted octanol–water partition coefficient (Wildman–Crippen LogP) is 4.01. The SMILES string of the molecule is COc1ccc(Br)cc1-c1csc(CS)n1. The molecule has 0 atom stereocenters. The van der Waals surface area contributed by atoms with Gasteiger partial charge in [-0.05, 0) is 18.2 Å². The predicted molar refractivity (Wildman–Crippen MR) is 74.5 cm³/mol. The number of nitrogens with zero attached hydrogens (tertiary/aromatic N) is 1. The van der Waals surface area contributed by atoms with Gasteiger partial charge in [0.25, 0.3) is 0 Å².